The largest absolute Gasteiger partial charge is 0.469 e. The lowest BCUT2D eigenvalue weighted by molar-refractivity contribution is -0.141. The van der Waals surface area contributed by atoms with E-state index < -0.39 is 12.0 Å². The van der Waals surface area contributed by atoms with Crippen molar-refractivity contribution in [3.63, 3.8) is 0 Å². The van der Waals surface area contributed by atoms with Gasteiger partial charge in [0.25, 0.3) is 11.5 Å². The van der Waals surface area contributed by atoms with E-state index in [2.05, 4.69) is 10.3 Å². The van der Waals surface area contributed by atoms with Crippen LogP contribution in [0.15, 0.2) is 53.3 Å². The molecule has 1 aliphatic rings. The molecular weight excluding hydrogens is 370 g/mol. The third kappa shape index (κ3) is 3.76. The van der Waals surface area contributed by atoms with E-state index in [0.29, 0.717) is 23.0 Å². The third-order valence-electron chi connectivity index (χ3n) is 5.18. The van der Waals surface area contributed by atoms with Gasteiger partial charge in [-0.2, -0.15) is 0 Å². The van der Waals surface area contributed by atoms with Crippen molar-refractivity contribution in [2.24, 2.45) is 0 Å². The van der Waals surface area contributed by atoms with E-state index in [1.807, 2.05) is 30.3 Å². The molecule has 0 radical (unpaired) electrons. The van der Waals surface area contributed by atoms with Gasteiger partial charge >= 0.3 is 5.97 Å². The summed E-state index contributed by atoms with van der Waals surface area (Å²) in [6.45, 7) is 0.686. The van der Waals surface area contributed by atoms with E-state index in [9.17, 15) is 14.4 Å². The second-order valence-corrected chi connectivity index (χ2v) is 7.04. The van der Waals surface area contributed by atoms with Gasteiger partial charge in [0.2, 0.25) is 0 Å². The fourth-order valence-corrected chi connectivity index (χ4v) is 3.65. The number of carbonyl (C=O) groups excluding carboxylic acids is 2. The molecule has 29 heavy (non-hydrogen) atoms. The topological polar surface area (TPSA) is 90.3 Å². The van der Waals surface area contributed by atoms with Crippen LogP contribution < -0.4 is 10.9 Å². The molecule has 1 amide bonds. The lowest BCUT2D eigenvalue weighted by atomic mass is 10.0. The molecule has 4 rings (SSSR count). The molecule has 3 aromatic rings. The molecule has 1 unspecified atom stereocenters. The Morgan fingerprint density at radius 2 is 2.00 bits per heavy atom. The molecule has 0 saturated heterocycles. The number of benzene rings is 2. The van der Waals surface area contributed by atoms with Crippen LogP contribution >= 0.6 is 0 Å². The van der Waals surface area contributed by atoms with Crippen molar-refractivity contribution < 1.29 is 14.3 Å². The highest BCUT2D eigenvalue weighted by Gasteiger charge is 2.21. The molecule has 148 valence electrons. The number of carbonyl (C=O) groups is 2. The molecule has 0 fully saturated rings. The van der Waals surface area contributed by atoms with Crippen molar-refractivity contribution in [1.82, 2.24) is 14.9 Å². The summed E-state index contributed by atoms with van der Waals surface area (Å²) in [5.41, 5.74) is 1.64. The minimum atomic E-state index is -0.523. The van der Waals surface area contributed by atoms with E-state index in [1.54, 1.807) is 22.8 Å². The number of nitrogens with one attached hydrogen (secondary N) is 1. The number of rotatable bonds is 5. The van der Waals surface area contributed by atoms with Crippen molar-refractivity contribution in [1.29, 1.82) is 0 Å². The van der Waals surface area contributed by atoms with Gasteiger partial charge in [-0.15, -0.1) is 0 Å². The average molecular weight is 391 g/mol. The number of nitrogens with zero attached hydrogens (tertiary/aromatic N) is 2. The van der Waals surface area contributed by atoms with Gasteiger partial charge in [-0.1, -0.05) is 30.3 Å². The minimum absolute atomic E-state index is 0.0208. The first kappa shape index (κ1) is 18.9. The van der Waals surface area contributed by atoms with Gasteiger partial charge in [0.05, 0.1) is 30.5 Å². The molecule has 1 aromatic heterocycles. The molecule has 2 aromatic carbocycles. The van der Waals surface area contributed by atoms with Crippen LogP contribution in [0.3, 0.4) is 0 Å². The Labute approximate surface area is 167 Å². The molecule has 7 nitrogen and oxygen atoms in total. The maximum atomic E-state index is 12.9. The fourth-order valence-electron chi connectivity index (χ4n) is 3.65. The molecule has 0 aliphatic carbocycles. The Balaban J connectivity index is 1.64. The Kier molecular flexibility index (Phi) is 5.12. The maximum absolute atomic E-state index is 12.9. The maximum Gasteiger partial charge on any atom is 0.307 e. The van der Waals surface area contributed by atoms with Gasteiger partial charge in [-0.05, 0) is 30.2 Å². The lowest BCUT2D eigenvalue weighted by Crippen LogP contribution is -2.30. The number of ether oxygens (including phenoxy) is 1. The van der Waals surface area contributed by atoms with Gasteiger partial charge in [0.15, 0.2) is 0 Å². The smallest absolute Gasteiger partial charge is 0.307 e. The van der Waals surface area contributed by atoms with Gasteiger partial charge in [0, 0.05) is 18.5 Å². The Morgan fingerprint density at radius 1 is 1.21 bits per heavy atom. The van der Waals surface area contributed by atoms with Crippen molar-refractivity contribution in [2.75, 3.05) is 7.11 Å². The molecule has 0 saturated carbocycles. The zero-order chi connectivity index (χ0) is 20.4. The van der Waals surface area contributed by atoms with Crippen LogP contribution in [0.4, 0.5) is 0 Å². The first-order chi connectivity index (χ1) is 14.1. The van der Waals surface area contributed by atoms with Crippen LogP contribution in [0.1, 0.15) is 40.6 Å². The summed E-state index contributed by atoms with van der Waals surface area (Å²) in [4.78, 5) is 41.9. The summed E-state index contributed by atoms with van der Waals surface area (Å²) >= 11 is 0. The van der Waals surface area contributed by atoms with Gasteiger partial charge in [0.1, 0.15) is 5.82 Å². The normalized spacial score (nSPS) is 13.7. The predicted octanol–water partition coefficient (Wildman–Crippen LogP) is 2.38. The van der Waals surface area contributed by atoms with Crippen molar-refractivity contribution >= 4 is 22.8 Å². The number of methoxy groups -OCH3 is 1. The van der Waals surface area contributed by atoms with Crippen molar-refractivity contribution in [3.8, 4) is 0 Å². The van der Waals surface area contributed by atoms with Crippen molar-refractivity contribution in [2.45, 2.75) is 31.8 Å². The van der Waals surface area contributed by atoms with E-state index in [-0.39, 0.29) is 17.9 Å². The number of aryl methyl sites for hydroxylation is 1. The fraction of sp³-hybridized carbons (Fsp3) is 0.273. The highest BCUT2D eigenvalue weighted by molar-refractivity contribution is 5.98. The van der Waals surface area contributed by atoms with Gasteiger partial charge < -0.3 is 10.1 Å². The Hall–Kier alpha value is -3.48. The van der Waals surface area contributed by atoms with Crippen molar-refractivity contribution in [3.05, 3.63) is 75.8 Å². The van der Waals surface area contributed by atoms with Crippen LogP contribution in [0, 0.1) is 0 Å². The molecule has 2 heterocycles. The van der Waals surface area contributed by atoms with Crippen LogP contribution in [0.2, 0.25) is 0 Å². The quantitative estimate of drug-likeness (QED) is 0.675. The monoisotopic (exact) mass is 391 g/mol. The van der Waals surface area contributed by atoms with Crippen LogP contribution in [-0.4, -0.2) is 28.5 Å². The first-order valence-electron chi connectivity index (χ1n) is 9.53. The lowest BCUT2D eigenvalue weighted by Gasteiger charge is -2.18. The average Bonchev–Trinajstić information content (AvgIpc) is 3.22. The molecule has 7 heteroatoms. The molecule has 0 bridgehead atoms. The minimum Gasteiger partial charge on any atom is -0.469 e. The summed E-state index contributed by atoms with van der Waals surface area (Å²) in [5.74, 6) is 0.00267. The summed E-state index contributed by atoms with van der Waals surface area (Å²) in [6, 6.07) is 13.6. The molecule has 1 aliphatic heterocycles. The number of esters is 1. The highest BCUT2D eigenvalue weighted by Crippen LogP contribution is 2.20. The number of amides is 1. The second kappa shape index (κ2) is 7.87. The van der Waals surface area contributed by atoms with Gasteiger partial charge in [-0.25, -0.2) is 4.98 Å². The Bertz CT molecular complexity index is 1140. The predicted molar refractivity (Wildman–Crippen MR) is 108 cm³/mol. The summed E-state index contributed by atoms with van der Waals surface area (Å²) < 4.78 is 6.46. The number of aromatic nitrogens is 2. The van der Waals surface area contributed by atoms with E-state index in [0.717, 1.165) is 24.2 Å². The van der Waals surface area contributed by atoms with E-state index >= 15 is 0 Å². The SMILES string of the molecule is COC(=O)CC(NC(=O)c1ccc2c(=O)n3c(nc2c1)CCC3)c1ccccc1. The van der Waals surface area contributed by atoms with Gasteiger partial charge in [-0.3, -0.25) is 19.0 Å². The summed E-state index contributed by atoms with van der Waals surface area (Å²) in [7, 11) is 1.32. The molecular formula is C22H21N3O4. The highest BCUT2D eigenvalue weighted by atomic mass is 16.5. The second-order valence-electron chi connectivity index (χ2n) is 7.04. The summed E-state index contributed by atoms with van der Waals surface area (Å²) in [5, 5.41) is 3.40. The molecule has 1 atom stereocenters. The van der Waals surface area contributed by atoms with Crippen LogP contribution in [0.25, 0.3) is 10.9 Å². The summed E-state index contributed by atoms with van der Waals surface area (Å²) in [6.07, 6.45) is 1.68. The Morgan fingerprint density at radius 3 is 2.76 bits per heavy atom. The molecule has 0 spiro atoms. The number of hydrogen-bond donors (Lipinski definition) is 1. The zero-order valence-electron chi connectivity index (χ0n) is 16.1. The van der Waals surface area contributed by atoms with Crippen LogP contribution in [-0.2, 0) is 22.5 Å². The van der Waals surface area contributed by atoms with E-state index in [4.69, 9.17) is 4.74 Å². The zero-order valence-corrected chi connectivity index (χ0v) is 16.1. The standard InChI is InChI=1S/C22H21N3O4/c1-29-20(26)13-17(14-6-3-2-4-7-14)24-21(27)15-9-10-16-18(12-15)23-19-8-5-11-25(19)22(16)28/h2-4,6-7,9-10,12,17H,5,8,11,13H2,1H3,(H,24,27). The third-order valence-corrected chi connectivity index (χ3v) is 5.18. The van der Waals surface area contributed by atoms with E-state index in [1.165, 1.54) is 7.11 Å². The first-order valence-corrected chi connectivity index (χ1v) is 9.53. The number of fused-ring (bicyclic) bond motifs is 2. The molecule has 1 N–H and O–H groups in total. The van der Waals surface area contributed by atoms with Crippen LogP contribution in [0.5, 0.6) is 0 Å². The number of hydrogen-bond acceptors (Lipinski definition) is 5.